The van der Waals surface area contributed by atoms with Gasteiger partial charge in [-0.3, -0.25) is 4.98 Å². The normalized spacial score (nSPS) is 11.8. The lowest BCUT2D eigenvalue weighted by Gasteiger charge is -2.22. The van der Waals surface area contributed by atoms with Crippen molar-refractivity contribution in [2.24, 2.45) is 5.92 Å². The van der Waals surface area contributed by atoms with Gasteiger partial charge in [0.1, 0.15) is 5.60 Å². The maximum atomic E-state index is 12.6. The number of hydrogen-bond acceptors (Lipinski definition) is 5. The fourth-order valence-electron chi connectivity index (χ4n) is 4.10. The topological polar surface area (TPSA) is 77.5 Å². The van der Waals surface area contributed by atoms with Gasteiger partial charge in [0.2, 0.25) is 0 Å². The van der Waals surface area contributed by atoms with Crippen molar-refractivity contribution in [2.45, 2.75) is 67.0 Å². The highest BCUT2D eigenvalue weighted by atomic mass is 16.6. The van der Waals surface area contributed by atoms with Crippen LogP contribution in [0.1, 0.15) is 63.9 Å². The number of benzene rings is 2. The lowest BCUT2D eigenvalue weighted by atomic mass is 9.90. The van der Waals surface area contributed by atoms with E-state index in [-0.39, 0.29) is 12.5 Å². The number of carbonyl (C=O) groups is 2. The largest absolute Gasteiger partial charge is 0.463 e. The first-order valence-corrected chi connectivity index (χ1v) is 12.8. The Morgan fingerprint density at radius 1 is 1.08 bits per heavy atom. The molecule has 0 bridgehead atoms. The zero-order valence-corrected chi connectivity index (χ0v) is 23.0. The Morgan fingerprint density at radius 2 is 1.78 bits per heavy atom. The molecule has 0 aliphatic carbocycles. The zero-order chi connectivity index (χ0) is 27.2. The van der Waals surface area contributed by atoms with E-state index in [1.54, 1.807) is 13.0 Å². The van der Waals surface area contributed by atoms with Crippen molar-refractivity contribution in [1.29, 1.82) is 0 Å². The fraction of sp³-hybridized carbons (Fsp3) is 0.387. The lowest BCUT2D eigenvalue weighted by Crippen LogP contribution is -2.32. The van der Waals surface area contributed by atoms with E-state index in [4.69, 9.17) is 14.5 Å². The summed E-state index contributed by atoms with van der Waals surface area (Å²) in [5.74, 6) is -0.00288. The van der Waals surface area contributed by atoms with Crippen LogP contribution in [0.5, 0.6) is 0 Å². The maximum absolute atomic E-state index is 12.6. The third-order valence-corrected chi connectivity index (χ3v) is 5.64. The predicted molar refractivity (Wildman–Crippen MR) is 149 cm³/mol. The summed E-state index contributed by atoms with van der Waals surface area (Å²) in [6.45, 7) is 14.3. The number of carbonyl (C=O) groups excluding carboxylic acids is 2. The summed E-state index contributed by atoms with van der Waals surface area (Å²) in [7, 11) is 0. The molecule has 0 unspecified atom stereocenters. The van der Waals surface area contributed by atoms with Crippen LogP contribution in [0.2, 0.25) is 0 Å². The number of pyridine rings is 1. The molecule has 3 aromatic rings. The molecule has 6 heteroatoms. The molecule has 1 N–H and O–H groups in total. The number of amides is 1. The van der Waals surface area contributed by atoms with Gasteiger partial charge in [0.15, 0.2) is 0 Å². The molecule has 37 heavy (non-hydrogen) atoms. The number of nitrogens with zero attached hydrogens (tertiary/aromatic N) is 1. The van der Waals surface area contributed by atoms with Gasteiger partial charge >= 0.3 is 12.1 Å². The highest BCUT2D eigenvalue weighted by molar-refractivity contribution is 5.98. The van der Waals surface area contributed by atoms with Crippen LogP contribution in [-0.4, -0.2) is 29.3 Å². The van der Waals surface area contributed by atoms with E-state index in [9.17, 15) is 9.59 Å². The van der Waals surface area contributed by atoms with Crippen molar-refractivity contribution in [3.8, 4) is 11.1 Å². The predicted octanol–water partition coefficient (Wildman–Crippen LogP) is 7.01. The number of esters is 1. The second kappa shape index (κ2) is 12.0. The number of nitrogens with one attached hydrogen (secondary N) is 1. The molecule has 196 valence electrons. The van der Waals surface area contributed by atoms with Gasteiger partial charge in [0.25, 0.3) is 0 Å². The van der Waals surface area contributed by atoms with Crippen LogP contribution in [-0.2, 0) is 27.2 Å². The van der Waals surface area contributed by atoms with Gasteiger partial charge in [-0.25, -0.2) is 9.59 Å². The van der Waals surface area contributed by atoms with Gasteiger partial charge in [-0.2, -0.15) is 0 Å². The Balaban J connectivity index is 2.20. The zero-order valence-electron chi connectivity index (χ0n) is 23.0. The third kappa shape index (κ3) is 7.91. The Kier molecular flexibility index (Phi) is 9.09. The molecule has 1 amide bonds. The molecular weight excluding hydrogens is 464 g/mol. The van der Waals surface area contributed by atoms with Crippen LogP contribution in [0.3, 0.4) is 0 Å². The number of aromatic nitrogens is 1. The molecule has 2 aromatic carbocycles. The minimum atomic E-state index is -0.591. The number of hydrogen-bond donors (Lipinski definition) is 1. The van der Waals surface area contributed by atoms with Crippen LogP contribution in [0, 0.1) is 12.8 Å². The molecule has 0 fully saturated rings. The highest BCUT2D eigenvalue weighted by Gasteiger charge is 2.21. The number of fused-ring (bicyclic) bond motifs is 1. The maximum Gasteiger partial charge on any atom is 0.407 e. The summed E-state index contributed by atoms with van der Waals surface area (Å²) in [6, 6.07) is 14.3. The molecular formula is C31H38N2O4. The minimum absolute atomic E-state index is 0.284. The first-order valence-electron chi connectivity index (χ1n) is 12.8. The van der Waals surface area contributed by atoms with E-state index in [2.05, 4.69) is 50.4 Å². The van der Waals surface area contributed by atoms with E-state index >= 15 is 0 Å². The smallest absolute Gasteiger partial charge is 0.407 e. The van der Waals surface area contributed by atoms with Gasteiger partial charge in [-0.15, -0.1) is 0 Å². The minimum Gasteiger partial charge on any atom is -0.463 e. The van der Waals surface area contributed by atoms with Crippen LogP contribution < -0.4 is 5.32 Å². The molecule has 0 spiro atoms. The average Bonchev–Trinajstić information content (AvgIpc) is 2.80. The van der Waals surface area contributed by atoms with Gasteiger partial charge in [0, 0.05) is 29.3 Å². The monoisotopic (exact) mass is 502 g/mol. The fourth-order valence-corrected chi connectivity index (χ4v) is 4.10. The number of ether oxygens (including phenoxy) is 2. The van der Waals surface area contributed by atoms with Crippen LogP contribution in [0.25, 0.3) is 28.1 Å². The molecule has 0 saturated carbocycles. The van der Waals surface area contributed by atoms with Crippen molar-refractivity contribution in [3.63, 3.8) is 0 Å². The highest BCUT2D eigenvalue weighted by Crippen LogP contribution is 2.35. The molecule has 1 aromatic heterocycles. The standard InChI is InChI=1S/C31H38N2O4/c1-8-36-28(34)16-12-22-11-15-26-24(18-22)29(23-13-9-21(4)10-14-23)25(27(33-26)17-20(2)3)19-32-30(35)37-31(5,6)7/h9-16,18,20H,8,17,19H2,1-7H3,(H,32,35). The summed E-state index contributed by atoms with van der Waals surface area (Å²) >= 11 is 0. The molecule has 0 saturated heterocycles. The first kappa shape index (κ1) is 27.9. The van der Waals surface area contributed by atoms with Crippen molar-refractivity contribution in [3.05, 3.63) is 70.9 Å². The SMILES string of the molecule is CCOC(=O)C=Cc1ccc2nc(CC(C)C)c(CNC(=O)OC(C)(C)C)c(-c3ccc(C)cc3)c2c1. The quantitative estimate of drug-likeness (QED) is 0.265. The van der Waals surface area contributed by atoms with Gasteiger partial charge < -0.3 is 14.8 Å². The summed E-state index contributed by atoms with van der Waals surface area (Å²) in [5.41, 5.74) is 6.26. The van der Waals surface area contributed by atoms with Crippen LogP contribution >= 0.6 is 0 Å². The summed E-state index contributed by atoms with van der Waals surface area (Å²) in [4.78, 5) is 29.5. The molecule has 0 atom stereocenters. The Hall–Kier alpha value is -3.67. The molecule has 3 rings (SSSR count). The Morgan fingerprint density at radius 3 is 2.41 bits per heavy atom. The second-order valence-corrected chi connectivity index (χ2v) is 10.6. The summed E-state index contributed by atoms with van der Waals surface area (Å²) in [6.07, 6.45) is 3.48. The van der Waals surface area contributed by atoms with E-state index in [1.807, 2.05) is 39.0 Å². The van der Waals surface area contributed by atoms with Crippen molar-refractivity contribution >= 4 is 29.0 Å². The van der Waals surface area contributed by atoms with E-state index in [0.717, 1.165) is 50.8 Å². The van der Waals surface area contributed by atoms with Crippen molar-refractivity contribution in [2.75, 3.05) is 6.61 Å². The number of alkyl carbamates (subject to hydrolysis) is 1. The van der Waals surface area contributed by atoms with Crippen LogP contribution in [0.15, 0.2) is 48.5 Å². The summed E-state index contributed by atoms with van der Waals surface area (Å²) in [5, 5.41) is 3.90. The van der Waals surface area contributed by atoms with Gasteiger partial charge in [-0.1, -0.05) is 49.7 Å². The Bertz CT molecular complexity index is 1290. The molecule has 1 heterocycles. The van der Waals surface area contributed by atoms with Crippen molar-refractivity contribution in [1.82, 2.24) is 10.3 Å². The second-order valence-electron chi connectivity index (χ2n) is 10.6. The van der Waals surface area contributed by atoms with E-state index < -0.39 is 11.7 Å². The average molecular weight is 503 g/mol. The first-order chi connectivity index (χ1) is 17.5. The Labute approximate surface area is 220 Å². The van der Waals surface area contributed by atoms with E-state index in [1.165, 1.54) is 6.08 Å². The molecule has 0 aliphatic rings. The van der Waals surface area contributed by atoms with Gasteiger partial charge in [0.05, 0.1) is 12.1 Å². The van der Waals surface area contributed by atoms with E-state index in [0.29, 0.717) is 12.5 Å². The molecule has 0 aliphatic heterocycles. The van der Waals surface area contributed by atoms with Crippen LogP contribution in [0.4, 0.5) is 4.79 Å². The van der Waals surface area contributed by atoms with Gasteiger partial charge in [-0.05, 0) is 81.9 Å². The number of aryl methyl sites for hydroxylation is 1. The molecule has 0 radical (unpaired) electrons. The summed E-state index contributed by atoms with van der Waals surface area (Å²) < 4.78 is 10.5. The third-order valence-electron chi connectivity index (χ3n) is 5.64. The molecule has 6 nitrogen and oxygen atoms in total. The number of rotatable bonds is 8. The lowest BCUT2D eigenvalue weighted by molar-refractivity contribution is -0.137. The van der Waals surface area contributed by atoms with Crippen molar-refractivity contribution < 1.29 is 19.1 Å².